The van der Waals surface area contributed by atoms with Gasteiger partial charge in [-0.15, -0.1) is 0 Å². The summed E-state index contributed by atoms with van der Waals surface area (Å²) in [4.78, 5) is 50.7. The van der Waals surface area contributed by atoms with E-state index in [9.17, 15) is 38.2 Å². The maximum atomic E-state index is 15.0. The molecule has 0 radical (unpaired) electrons. The van der Waals surface area contributed by atoms with E-state index >= 15 is 0 Å². The molecular formula is C32H43BrF2IN5O7. The number of nitrogens with zero attached hydrogens (tertiary/aromatic N) is 1. The summed E-state index contributed by atoms with van der Waals surface area (Å²) in [6.45, 7) is 9.03. The lowest BCUT2D eigenvalue weighted by Crippen LogP contribution is -2.60. The molecule has 12 nitrogen and oxygen atoms in total. The summed E-state index contributed by atoms with van der Waals surface area (Å²) in [7, 11) is 1.16. The van der Waals surface area contributed by atoms with Crippen molar-refractivity contribution in [1.82, 2.24) is 26.4 Å². The van der Waals surface area contributed by atoms with Crippen LogP contribution < -0.4 is 21.4 Å². The predicted molar refractivity (Wildman–Crippen MR) is 187 cm³/mol. The van der Waals surface area contributed by atoms with Crippen molar-refractivity contribution in [2.45, 2.75) is 78.7 Å². The first-order valence-electron chi connectivity index (χ1n) is 14.9. The highest BCUT2D eigenvalue weighted by Gasteiger charge is 2.37. The molecule has 0 aliphatic heterocycles. The van der Waals surface area contributed by atoms with Gasteiger partial charge in [-0.3, -0.25) is 15.0 Å². The molecule has 2 aromatic rings. The van der Waals surface area contributed by atoms with E-state index < -0.39 is 89.3 Å². The zero-order valence-electron chi connectivity index (χ0n) is 27.8. The number of rotatable bonds is 13. The van der Waals surface area contributed by atoms with Crippen LogP contribution in [0.5, 0.6) is 0 Å². The molecule has 0 saturated carbocycles. The molecule has 6 N–H and O–H groups in total. The van der Waals surface area contributed by atoms with Crippen molar-refractivity contribution in [3.8, 4) is 0 Å². The van der Waals surface area contributed by atoms with Gasteiger partial charge in [0.25, 0.3) is 5.91 Å². The second-order valence-corrected chi connectivity index (χ2v) is 15.6. The Hall–Kier alpha value is -3.09. The second-order valence-electron chi connectivity index (χ2n) is 13.4. The summed E-state index contributed by atoms with van der Waals surface area (Å²) in [6, 6.07) is 5.94. The Morgan fingerprint density at radius 3 is 1.92 bits per heavy atom. The van der Waals surface area contributed by atoms with Gasteiger partial charge in [-0.05, 0) is 69.7 Å². The number of hydrogen-bond acceptors (Lipinski definition) is 7. The van der Waals surface area contributed by atoms with E-state index in [1.807, 2.05) is 12.1 Å². The third kappa shape index (κ3) is 12.7. The minimum Gasteiger partial charge on any atom is -0.465 e. The van der Waals surface area contributed by atoms with E-state index in [1.54, 1.807) is 53.7 Å². The molecule has 16 heteroatoms. The van der Waals surface area contributed by atoms with Crippen molar-refractivity contribution in [3.63, 3.8) is 0 Å². The number of ether oxygens (including phenoxy) is 1. The molecule has 48 heavy (non-hydrogen) atoms. The van der Waals surface area contributed by atoms with Crippen molar-refractivity contribution in [1.29, 1.82) is 0 Å². The molecule has 2 rings (SSSR count). The van der Waals surface area contributed by atoms with Gasteiger partial charge in [-0.2, -0.15) is 0 Å². The average Bonchev–Trinajstić information content (AvgIpc) is 2.95. The highest BCUT2D eigenvalue weighted by atomic mass is 127. The van der Waals surface area contributed by atoms with Crippen molar-refractivity contribution in [2.24, 2.45) is 10.8 Å². The van der Waals surface area contributed by atoms with Crippen LogP contribution in [0, 0.1) is 26.0 Å². The lowest BCUT2D eigenvalue weighted by molar-refractivity contribution is -0.132. The first kappa shape index (κ1) is 41.1. The first-order chi connectivity index (χ1) is 22.1. The molecule has 0 aliphatic carbocycles. The molecular weight excluding hydrogens is 811 g/mol. The lowest BCUT2D eigenvalue weighted by Gasteiger charge is -2.35. The zero-order chi connectivity index (χ0) is 36.6. The summed E-state index contributed by atoms with van der Waals surface area (Å²) in [5.74, 6) is -3.35. The fourth-order valence-electron chi connectivity index (χ4n) is 4.71. The summed E-state index contributed by atoms with van der Waals surface area (Å²) < 4.78 is 35.8. The van der Waals surface area contributed by atoms with Gasteiger partial charge in [0, 0.05) is 26.7 Å². The largest absolute Gasteiger partial charge is 0.465 e. The Labute approximate surface area is 301 Å². The molecule has 0 fully saturated rings. The number of alkyl carbamates (subject to hydrolysis) is 1. The average molecular weight is 855 g/mol. The molecule has 0 bridgehead atoms. The summed E-state index contributed by atoms with van der Waals surface area (Å²) >= 11 is 5.17. The van der Waals surface area contributed by atoms with Crippen LogP contribution >= 0.6 is 38.5 Å². The van der Waals surface area contributed by atoms with Gasteiger partial charge >= 0.3 is 12.2 Å². The number of aliphatic hydroxyl groups excluding tert-OH is 1. The molecule has 4 amide bonds. The van der Waals surface area contributed by atoms with E-state index in [1.165, 1.54) is 0 Å². The standard InChI is InChI=1S/C32H43BrF2IN5O7/c1-31(2,3)25(39-30(47)48-7)27(43)37-23(12-17-8-10-19(36)11-9-17)24(42)16-41(15-20-21(34)13-18(33)14-22(20)35)40-28(44)26(32(4,5)6)38-29(45)46/h8-11,13-14,23-26,38,42H,12,15-16H2,1-7H3,(H,37,43)(H,39,47)(H,40,44)(H,45,46)/t23-,24-,25+,26+/m0/s1. The number of amides is 4. The van der Waals surface area contributed by atoms with Crippen molar-refractivity contribution in [2.75, 3.05) is 13.7 Å². The molecule has 0 spiro atoms. The molecule has 0 saturated heterocycles. The van der Waals surface area contributed by atoms with E-state index in [2.05, 4.69) is 59.9 Å². The van der Waals surface area contributed by atoms with E-state index in [4.69, 9.17) is 4.74 Å². The number of benzene rings is 2. The van der Waals surface area contributed by atoms with Crippen LogP contribution in [-0.4, -0.2) is 77.1 Å². The number of hydrogen-bond donors (Lipinski definition) is 6. The number of hydrazine groups is 1. The minimum absolute atomic E-state index is 0.0902. The number of aliphatic hydroxyl groups is 1. The highest BCUT2D eigenvalue weighted by molar-refractivity contribution is 14.1. The molecule has 266 valence electrons. The summed E-state index contributed by atoms with van der Waals surface area (Å²) in [5, 5.41) is 29.6. The van der Waals surface area contributed by atoms with Gasteiger partial charge in [-0.1, -0.05) is 69.6 Å². The second kappa shape index (κ2) is 17.5. The van der Waals surface area contributed by atoms with E-state index in [0.717, 1.165) is 33.4 Å². The van der Waals surface area contributed by atoms with Crippen LogP contribution in [0.2, 0.25) is 0 Å². The Balaban J connectivity index is 2.53. The van der Waals surface area contributed by atoms with Crippen molar-refractivity contribution in [3.05, 3.63) is 67.2 Å². The van der Waals surface area contributed by atoms with Gasteiger partial charge in [0.2, 0.25) is 5.91 Å². The van der Waals surface area contributed by atoms with Gasteiger partial charge in [-0.25, -0.2) is 23.4 Å². The Bertz CT molecular complexity index is 1430. The summed E-state index contributed by atoms with van der Waals surface area (Å²) in [6.07, 6.45) is -3.69. The number of methoxy groups -OCH3 is 1. The molecule has 0 aromatic heterocycles. The Kier molecular flexibility index (Phi) is 15.0. The topological polar surface area (TPSA) is 169 Å². The Morgan fingerprint density at radius 1 is 0.917 bits per heavy atom. The summed E-state index contributed by atoms with van der Waals surface area (Å²) in [5.41, 5.74) is 1.10. The van der Waals surface area contributed by atoms with Crippen LogP contribution in [-0.2, 0) is 27.3 Å². The van der Waals surface area contributed by atoms with Crippen LogP contribution in [0.15, 0.2) is 40.9 Å². The molecule has 4 atom stereocenters. The monoisotopic (exact) mass is 853 g/mol. The fraction of sp³-hybridized carbons (Fsp3) is 0.500. The lowest BCUT2D eigenvalue weighted by atomic mass is 9.85. The SMILES string of the molecule is COC(=O)N[C@H](C(=O)N[C@@H](Cc1ccc(I)cc1)[C@@H](O)CN(Cc1c(F)cc(Br)cc1F)NC(=O)[C@@H](NC(=O)O)C(C)(C)C)C(C)(C)C. The zero-order valence-corrected chi connectivity index (χ0v) is 31.5. The maximum Gasteiger partial charge on any atom is 0.407 e. The molecule has 0 aliphatic rings. The quantitative estimate of drug-likeness (QED) is 0.125. The first-order valence-corrected chi connectivity index (χ1v) is 16.7. The third-order valence-corrected chi connectivity index (χ3v) is 8.44. The fourth-order valence-corrected chi connectivity index (χ4v) is 5.47. The molecule has 2 aromatic carbocycles. The number of carbonyl (C=O) groups excluding carboxylic acids is 3. The van der Waals surface area contributed by atoms with Crippen LogP contribution in [0.4, 0.5) is 18.4 Å². The Morgan fingerprint density at radius 2 is 1.44 bits per heavy atom. The number of carbonyl (C=O) groups is 4. The predicted octanol–water partition coefficient (Wildman–Crippen LogP) is 4.71. The third-order valence-electron chi connectivity index (χ3n) is 7.26. The number of halogens is 4. The normalized spacial score (nSPS) is 14.4. The highest BCUT2D eigenvalue weighted by Crippen LogP contribution is 2.24. The van der Waals surface area contributed by atoms with Crippen LogP contribution in [0.25, 0.3) is 0 Å². The molecule has 0 unspecified atom stereocenters. The minimum atomic E-state index is -1.48. The van der Waals surface area contributed by atoms with Gasteiger partial charge < -0.3 is 30.9 Å². The smallest absolute Gasteiger partial charge is 0.407 e. The van der Waals surface area contributed by atoms with Gasteiger partial charge in [0.1, 0.15) is 23.7 Å². The van der Waals surface area contributed by atoms with Crippen LogP contribution in [0.1, 0.15) is 52.7 Å². The molecule has 0 heterocycles. The maximum absolute atomic E-state index is 15.0. The van der Waals surface area contributed by atoms with Crippen molar-refractivity contribution >= 4 is 62.5 Å². The number of nitrogens with one attached hydrogen (secondary N) is 4. The van der Waals surface area contributed by atoms with Crippen molar-refractivity contribution < 1.29 is 42.9 Å². The van der Waals surface area contributed by atoms with Crippen LogP contribution in [0.3, 0.4) is 0 Å². The van der Waals surface area contributed by atoms with Gasteiger partial charge in [0.05, 0.1) is 19.3 Å². The van der Waals surface area contributed by atoms with E-state index in [0.29, 0.717) is 0 Å². The number of carboxylic acid groups (broad SMARTS) is 1. The van der Waals surface area contributed by atoms with Gasteiger partial charge in [0.15, 0.2) is 0 Å². The van der Waals surface area contributed by atoms with E-state index in [-0.39, 0.29) is 10.9 Å².